The number of nitrogens with zero attached hydrogens (tertiary/aromatic N) is 1. The summed E-state index contributed by atoms with van der Waals surface area (Å²) >= 11 is 0. The molecule has 0 aromatic heterocycles. The van der Waals surface area contributed by atoms with E-state index < -0.39 is 5.41 Å². The molecule has 0 radical (unpaired) electrons. The average molecular weight is 290 g/mol. The minimum atomic E-state index is -0.452. The van der Waals surface area contributed by atoms with Gasteiger partial charge in [0.2, 0.25) is 5.91 Å². The molecule has 0 saturated carbocycles. The first-order valence-electron chi connectivity index (χ1n) is 7.62. The van der Waals surface area contributed by atoms with Gasteiger partial charge in [-0.1, -0.05) is 29.8 Å². The average Bonchev–Trinajstić information content (AvgIpc) is 2.54. The molecule has 1 aliphatic rings. The molecule has 1 fully saturated rings. The molecule has 1 unspecified atom stereocenters. The summed E-state index contributed by atoms with van der Waals surface area (Å²) in [5.41, 5.74) is 7.85. The van der Waals surface area contributed by atoms with E-state index in [1.54, 1.807) is 0 Å². The second-order valence-electron chi connectivity index (χ2n) is 6.10. The Bertz CT molecular complexity index is 478. The molecule has 4 heteroatoms. The highest BCUT2D eigenvalue weighted by Crippen LogP contribution is 2.34. The lowest BCUT2D eigenvalue weighted by Gasteiger charge is -2.39. The van der Waals surface area contributed by atoms with Crippen molar-refractivity contribution in [2.24, 2.45) is 11.1 Å². The van der Waals surface area contributed by atoms with Gasteiger partial charge in [0.1, 0.15) is 0 Å². The molecule has 116 valence electrons. The molecule has 1 saturated heterocycles. The van der Waals surface area contributed by atoms with Crippen molar-refractivity contribution in [3.05, 3.63) is 35.4 Å². The molecular formula is C17H26N2O2. The fourth-order valence-corrected chi connectivity index (χ4v) is 2.89. The number of ether oxygens (including phenoxy) is 1. The van der Waals surface area contributed by atoms with Crippen LogP contribution in [0.5, 0.6) is 0 Å². The Morgan fingerprint density at radius 2 is 1.90 bits per heavy atom. The number of hydrogen-bond acceptors (Lipinski definition) is 3. The summed E-state index contributed by atoms with van der Waals surface area (Å²) in [7, 11) is 1.87. The van der Waals surface area contributed by atoms with E-state index in [-0.39, 0.29) is 11.9 Å². The maximum absolute atomic E-state index is 12.9. The molecule has 1 amide bonds. The van der Waals surface area contributed by atoms with Crippen LogP contribution in [-0.2, 0) is 9.53 Å². The van der Waals surface area contributed by atoms with E-state index >= 15 is 0 Å². The summed E-state index contributed by atoms with van der Waals surface area (Å²) in [4.78, 5) is 14.8. The third-order valence-corrected chi connectivity index (χ3v) is 4.76. The maximum Gasteiger partial charge on any atom is 0.230 e. The summed E-state index contributed by atoms with van der Waals surface area (Å²) in [5.74, 6) is 0.140. The van der Waals surface area contributed by atoms with Crippen molar-refractivity contribution in [2.45, 2.75) is 32.7 Å². The Kier molecular flexibility index (Phi) is 5.01. The minimum absolute atomic E-state index is 0.0457. The molecule has 4 nitrogen and oxygen atoms in total. The monoisotopic (exact) mass is 290 g/mol. The molecule has 1 aromatic carbocycles. The first-order chi connectivity index (χ1) is 10.00. The zero-order valence-electron chi connectivity index (χ0n) is 13.3. The van der Waals surface area contributed by atoms with Gasteiger partial charge >= 0.3 is 0 Å². The second-order valence-corrected chi connectivity index (χ2v) is 6.10. The predicted octanol–water partition coefficient (Wildman–Crippen LogP) is 2.27. The third kappa shape index (κ3) is 3.27. The van der Waals surface area contributed by atoms with E-state index in [1.165, 1.54) is 5.56 Å². The van der Waals surface area contributed by atoms with Crippen LogP contribution in [0.1, 0.15) is 36.9 Å². The molecule has 2 rings (SSSR count). The number of hydrogen-bond donors (Lipinski definition) is 1. The van der Waals surface area contributed by atoms with Crippen LogP contribution in [0.15, 0.2) is 24.3 Å². The molecular weight excluding hydrogens is 264 g/mol. The molecule has 0 bridgehead atoms. The number of carbonyl (C=O) groups excluding carboxylic acids is 1. The minimum Gasteiger partial charge on any atom is -0.381 e. The molecule has 1 aromatic rings. The predicted molar refractivity (Wildman–Crippen MR) is 83.9 cm³/mol. The summed E-state index contributed by atoms with van der Waals surface area (Å²) in [6.07, 6.45) is 1.43. The molecule has 1 aliphatic heterocycles. The standard InChI is InChI=1S/C17H26N2O2/c1-13-4-6-15(7-5-13)14(2)19(3)16(20)17(12-18)8-10-21-11-9-17/h4-7,14H,8-12,18H2,1-3H3. The van der Waals surface area contributed by atoms with Gasteiger partial charge in [0, 0.05) is 26.8 Å². The second kappa shape index (κ2) is 6.58. The number of nitrogens with two attached hydrogens (primary N) is 1. The number of amides is 1. The van der Waals surface area contributed by atoms with E-state index in [4.69, 9.17) is 10.5 Å². The van der Waals surface area contributed by atoms with Crippen molar-refractivity contribution in [3.63, 3.8) is 0 Å². The van der Waals surface area contributed by atoms with Gasteiger partial charge in [0.15, 0.2) is 0 Å². The normalized spacial score (nSPS) is 19.0. The van der Waals surface area contributed by atoms with E-state index in [2.05, 4.69) is 38.1 Å². The first kappa shape index (κ1) is 16.0. The van der Waals surface area contributed by atoms with Crippen LogP contribution in [0.25, 0.3) is 0 Å². The molecule has 1 atom stereocenters. The van der Waals surface area contributed by atoms with Crippen molar-refractivity contribution in [3.8, 4) is 0 Å². The van der Waals surface area contributed by atoms with Crippen LogP contribution in [-0.4, -0.2) is 37.6 Å². The lowest BCUT2D eigenvalue weighted by molar-refractivity contribution is -0.147. The van der Waals surface area contributed by atoms with Gasteiger partial charge < -0.3 is 15.4 Å². The van der Waals surface area contributed by atoms with Crippen LogP contribution in [0.4, 0.5) is 0 Å². The molecule has 0 aliphatic carbocycles. The topological polar surface area (TPSA) is 55.6 Å². The van der Waals surface area contributed by atoms with Crippen molar-refractivity contribution < 1.29 is 9.53 Å². The Balaban J connectivity index is 2.15. The zero-order chi connectivity index (χ0) is 15.5. The summed E-state index contributed by atoms with van der Waals surface area (Å²) in [5, 5.41) is 0. The summed E-state index contributed by atoms with van der Waals surface area (Å²) < 4.78 is 5.39. The fraction of sp³-hybridized carbons (Fsp3) is 0.588. The van der Waals surface area contributed by atoms with Gasteiger partial charge in [-0.2, -0.15) is 0 Å². The SMILES string of the molecule is Cc1ccc(C(C)N(C)C(=O)C2(CN)CCOCC2)cc1. The van der Waals surface area contributed by atoms with Crippen molar-refractivity contribution in [1.82, 2.24) is 4.90 Å². The molecule has 21 heavy (non-hydrogen) atoms. The smallest absolute Gasteiger partial charge is 0.230 e. The highest BCUT2D eigenvalue weighted by atomic mass is 16.5. The van der Waals surface area contributed by atoms with Crippen LogP contribution in [0.2, 0.25) is 0 Å². The zero-order valence-corrected chi connectivity index (χ0v) is 13.3. The Morgan fingerprint density at radius 3 is 2.43 bits per heavy atom. The molecule has 1 heterocycles. The lowest BCUT2D eigenvalue weighted by Crippen LogP contribution is -2.50. The number of carbonyl (C=O) groups is 1. The third-order valence-electron chi connectivity index (χ3n) is 4.76. The van der Waals surface area contributed by atoms with Gasteiger partial charge in [0.25, 0.3) is 0 Å². The number of aryl methyl sites for hydroxylation is 1. The number of rotatable bonds is 4. The van der Waals surface area contributed by atoms with E-state index in [0.29, 0.717) is 32.6 Å². The van der Waals surface area contributed by atoms with E-state index in [1.807, 2.05) is 11.9 Å². The summed E-state index contributed by atoms with van der Waals surface area (Å²) in [6, 6.07) is 8.38. The van der Waals surface area contributed by atoms with Crippen LogP contribution in [0.3, 0.4) is 0 Å². The molecule has 2 N–H and O–H groups in total. The van der Waals surface area contributed by atoms with Crippen molar-refractivity contribution in [2.75, 3.05) is 26.8 Å². The quantitative estimate of drug-likeness (QED) is 0.925. The first-order valence-corrected chi connectivity index (χ1v) is 7.62. The Morgan fingerprint density at radius 1 is 1.33 bits per heavy atom. The van der Waals surface area contributed by atoms with Gasteiger partial charge in [-0.15, -0.1) is 0 Å². The molecule has 0 spiro atoms. The largest absolute Gasteiger partial charge is 0.381 e. The van der Waals surface area contributed by atoms with E-state index in [0.717, 1.165) is 5.56 Å². The van der Waals surface area contributed by atoms with Crippen molar-refractivity contribution >= 4 is 5.91 Å². The Hall–Kier alpha value is -1.39. The lowest BCUT2D eigenvalue weighted by atomic mass is 9.78. The van der Waals surface area contributed by atoms with Crippen molar-refractivity contribution in [1.29, 1.82) is 0 Å². The fourth-order valence-electron chi connectivity index (χ4n) is 2.89. The number of benzene rings is 1. The highest BCUT2D eigenvalue weighted by molar-refractivity contribution is 5.83. The van der Waals surface area contributed by atoms with Crippen LogP contribution < -0.4 is 5.73 Å². The Labute approximate surface area is 127 Å². The van der Waals surface area contributed by atoms with Gasteiger partial charge in [-0.25, -0.2) is 0 Å². The van der Waals surface area contributed by atoms with Gasteiger partial charge in [-0.05, 0) is 32.3 Å². The van der Waals surface area contributed by atoms with Crippen LogP contribution >= 0.6 is 0 Å². The maximum atomic E-state index is 12.9. The van der Waals surface area contributed by atoms with E-state index in [9.17, 15) is 4.79 Å². The van der Waals surface area contributed by atoms with Gasteiger partial charge in [-0.3, -0.25) is 4.79 Å². The highest BCUT2D eigenvalue weighted by Gasteiger charge is 2.41. The summed E-state index contributed by atoms with van der Waals surface area (Å²) in [6.45, 7) is 5.76. The van der Waals surface area contributed by atoms with Crippen LogP contribution in [0, 0.1) is 12.3 Å². The van der Waals surface area contributed by atoms with Gasteiger partial charge in [0.05, 0.1) is 11.5 Å².